The van der Waals surface area contributed by atoms with Crippen LogP contribution >= 0.6 is 0 Å². The van der Waals surface area contributed by atoms with Gasteiger partial charge in [-0.15, -0.1) is 0 Å². The van der Waals surface area contributed by atoms with Gasteiger partial charge in [-0.25, -0.2) is 9.59 Å². The van der Waals surface area contributed by atoms with Crippen LogP contribution in [-0.2, 0) is 4.79 Å². The van der Waals surface area contributed by atoms with E-state index in [0.717, 1.165) is 0 Å². The van der Waals surface area contributed by atoms with E-state index in [1.165, 1.54) is 31.0 Å². The van der Waals surface area contributed by atoms with Crippen LogP contribution in [0.4, 0.5) is 10.5 Å². The van der Waals surface area contributed by atoms with Crippen LogP contribution in [0.15, 0.2) is 24.3 Å². The van der Waals surface area contributed by atoms with E-state index < -0.39 is 17.5 Å². The summed E-state index contributed by atoms with van der Waals surface area (Å²) in [5.41, 5.74) is -0.844. The van der Waals surface area contributed by atoms with E-state index in [-0.39, 0.29) is 12.2 Å². The number of carbonyl (C=O) groups excluding carboxylic acids is 1. The summed E-state index contributed by atoms with van der Waals surface area (Å²) in [4.78, 5) is 24.4. The number of carbonyl (C=O) groups is 2. The van der Waals surface area contributed by atoms with Crippen LogP contribution < -0.4 is 10.2 Å². The van der Waals surface area contributed by atoms with Crippen LogP contribution in [0.25, 0.3) is 0 Å². The van der Waals surface area contributed by atoms with E-state index in [1.54, 1.807) is 19.1 Å². The van der Waals surface area contributed by atoms with Crippen molar-refractivity contribution in [3.8, 4) is 5.75 Å². The molecule has 1 aromatic rings. The van der Waals surface area contributed by atoms with E-state index in [0.29, 0.717) is 5.69 Å². The van der Waals surface area contributed by atoms with Gasteiger partial charge in [-0.3, -0.25) is 4.90 Å². The Morgan fingerprint density at radius 3 is 2.53 bits per heavy atom. The Bertz CT molecular complexity index is 489. The van der Waals surface area contributed by atoms with E-state index in [9.17, 15) is 14.7 Å². The zero-order chi connectivity index (χ0) is 14.6. The highest BCUT2D eigenvalue weighted by molar-refractivity contribution is 5.95. The van der Waals surface area contributed by atoms with Crippen LogP contribution in [0.5, 0.6) is 5.75 Å². The summed E-state index contributed by atoms with van der Waals surface area (Å²) in [6, 6.07) is 5.61. The van der Waals surface area contributed by atoms with Gasteiger partial charge in [0.15, 0.2) is 0 Å². The fourth-order valence-electron chi connectivity index (χ4n) is 1.43. The predicted octanol–water partition coefficient (Wildman–Crippen LogP) is 1.79. The second-order valence-corrected chi connectivity index (χ2v) is 4.50. The first-order chi connectivity index (χ1) is 8.80. The number of amides is 2. The van der Waals surface area contributed by atoms with Gasteiger partial charge >= 0.3 is 12.0 Å². The van der Waals surface area contributed by atoms with Crippen LogP contribution in [-0.4, -0.2) is 34.8 Å². The molecule has 0 radical (unpaired) electrons. The van der Waals surface area contributed by atoms with Gasteiger partial charge in [0.1, 0.15) is 11.3 Å². The molecule has 1 aromatic carbocycles. The summed E-state index contributed by atoms with van der Waals surface area (Å²) in [5.74, 6) is -1.05. The van der Waals surface area contributed by atoms with E-state index in [1.807, 2.05) is 0 Å². The van der Waals surface area contributed by atoms with Gasteiger partial charge in [0.2, 0.25) is 0 Å². The van der Waals surface area contributed by atoms with Gasteiger partial charge in [-0.05, 0) is 25.5 Å². The number of anilines is 1. The van der Waals surface area contributed by atoms with Gasteiger partial charge in [0, 0.05) is 18.8 Å². The molecule has 2 amide bonds. The first-order valence-corrected chi connectivity index (χ1v) is 5.88. The van der Waals surface area contributed by atoms with Crippen LogP contribution in [0.1, 0.15) is 20.3 Å². The van der Waals surface area contributed by atoms with Gasteiger partial charge < -0.3 is 15.5 Å². The maximum absolute atomic E-state index is 12.0. The van der Waals surface area contributed by atoms with Crippen molar-refractivity contribution in [3.63, 3.8) is 0 Å². The fourth-order valence-corrected chi connectivity index (χ4v) is 1.43. The summed E-state index contributed by atoms with van der Waals surface area (Å²) in [7, 11) is 1.50. The smallest absolute Gasteiger partial charge is 0.329 e. The average Bonchev–Trinajstić information content (AvgIpc) is 2.37. The molecule has 0 aliphatic rings. The number of hydrogen-bond donors (Lipinski definition) is 3. The lowest BCUT2D eigenvalue weighted by Gasteiger charge is -2.28. The second-order valence-electron chi connectivity index (χ2n) is 4.50. The Hall–Kier alpha value is -2.24. The summed E-state index contributed by atoms with van der Waals surface area (Å²) >= 11 is 0. The summed E-state index contributed by atoms with van der Waals surface area (Å²) in [5, 5.41) is 20.9. The number of aromatic hydroxyl groups is 1. The van der Waals surface area contributed by atoms with Gasteiger partial charge in [-0.1, -0.05) is 13.0 Å². The molecule has 0 saturated heterocycles. The standard InChI is InChI=1S/C13H18N2O4/c1-4-13(2,11(17)18)14-12(19)15(3)9-6-5-7-10(16)8-9/h5-8,16H,4H2,1-3H3,(H,14,19)(H,17,18). The quantitative estimate of drug-likeness (QED) is 0.775. The molecule has 0 aromatic heterocycles. The van der Waals surface area contributed by atoms with E-state index in [4.69, 9.17) is 5.11 Å². The molecule has 0 aliphatic carbocycles. The third-order valence-corrected chi connectivity index (χ3v) is 3.08. The summed E-state index contributed by atoms with van der Waals surface area (Å²) < 4.78 is 0. The SMILES string of the molecule is CCC(C)(NC(=O)N(C)c1cccc(O)c1)C(=O)O. The lowest BCUT2D eigenvalue weighted by atomic mass is 10.00. The molecule has 0 heterocycles. The Morgan fingerprint density at radius 2 is 2.05 bits per heavy atom. The molecule has 6 nitrogen and oxygen atoms in total. The molecule has 19 heavy (non-hydrogen) atoms. The van der Waals surface area contributed by atoms with Crippen LogP contribution in [0, 0.1) is 0 Å². The van der Waals surface area contributed by atoms with Crippen LogP contribution in [0.3, 0.4) is 0 Å². The third kappa shape index (κ3) is 3.37. The van der Waals surface area contributed by atoms with Crippen molar-refractivity contribution in [2.24, 2.45) is 0 Å². The molecular weight excluding hydrogens is 248 g/mol. The zero-order valence-corrected chi connectivity index (χ0v) is 11.2. The van der Waals surface area contributed by atoms with Crippen molar-refractivity contribution in [1.29, 1.82) is 0 Å². The second kappa shape index (κ2) is 5.60. The number of aliphatic carboxylic acids is 1. The maximum atomic E-state index is 12.0. The molecule has 0 bridgehead atoms. The largest absolute Gasteiger partial charge is 0.508 e. The molecule has 0 aliphatic heterocycles. The minimum absolute atomic E-state index is 0.0358. The number of nitrogens with one attached hydrogen (secondary N) is 1. The molecule has 6 heteroatoms. The number of nitrogens with zero attached hydrogens (tertiary/aromatic N) is 1. The number of phenols is 1. The lowest BCUT2D eigenvalue weighted by molar-refractivity contribution is -0.143. The number of hydrogen-bond acceptors (Lipinski definition) is 3. The molecule has 0 spiro atoms. The number of rotatable bonds is 4. The number of carboxylic acids is 1. The van der Waals surface area contributed by atoms with Crippen molar-refractivity contribution in [2.45, 2.75) is 25.8 Å². The van der Waals surface area contributed by atoms with E-state index >= 15 is 0 Å². The number of carboxylic acid groups (broad SMARTS) is 1. The van der Waals surface area contributed by atoms with Crippen molar-refractivity contribution in [1.82, 2.24) is 5.32 Å². The highest BCUT2D eigenvalue weighted by Gasteiger charge is 2.33. The summed E-state index contributed by atoms with van der Waals surface area (Å²) in [6.45, 7) is 3.13. The Labute approximate surface area is 111 Å². The molecule has 1 unspecified atom stereocenters. The highest BCUT2D eigenvalue weighted by Crippen LogP contribution is 2.19. The van der Waals surface area contributed by atoms with E-state index in [2.05, 4.69) is 5.32 Å². The minimum Gasteiger partial charge on any atom is -0.508 e. The molecule has 1 rings (SSSR count). The monoisotopic (exact) mass is 266 g/mol. The summed E-state index contributed by atoms with van der Waals surface area (Å²) in [6.07, 6.45) is 0.266. The first-order valence-electron chi connectivity index (χ1n) is 5.88. The highest BCUT2D eigenvalue weighted by atomic mass is 16.4. The average molecular weight is 266 g/mol. The molecule has 3 N–H and O–H groups in total. The van der Waals surface area contributed by atoms with Gasteiger partial charge in [0.25, 0.3) is 0 Å². The first kappa shape index (κ1) is 14.8. The lowest BCUT2D eigenvalue weighted by Crippen LogP contribution is -2.55. The zero-order valence-electron chi connectivity index (χ0n) is 11.2. The van der Waals surface area contributed by atoms with Crippen molar-refractivity contribution >= 4 is 17.7 Å². The molecular formula is C13H18N2O4. The van der Waals surface area contributed by atoms with Crippen LogP contribution in [0.2, 0.25) is 0 Å². The topological polar surface area (TPSA) is 89.9 Å². The fraction of sp³-hybridized carbons (Fsp3) is 0.385. The predicted molar refractivity (Wildman–Crippen MR) is 71.4 cm³/mol. The van der Waals surface area contributed by atoms with Gasteiger partial charge in [0.05, 0.1) is 0 Å². The Morgan fingerprint density at radius 1 is 1.42 bits per heavy atom. The third-order valence-electron chi connectivity index (χ3n) is 3.08. The Kier molecular flexibility index (Phi) is 4.37. The van der Waals surface area contributed by atoms with Crippen molar-refractivity contribution < 1.29 is 19.8 Å². The molecule has 0 saturated carbocycles. The number of urea groups is 1. The Balaban J connectivity index is 2.86. The molecule has 0 fully saturated rings. The van der Waals surface area contributed by atoms with Crippen molar-refractivity contribution in [2.75, 3.05) is 11.9 Å². The molecule has 104 valence electrons. The minimum atomic E-state index is -1.32. The number of benzene rings is 1. The normalized spacial score (nSPS) is 13.4. The maximum Gasteiger partial charge on any atom is 0.329 e. The molecule has 1 atom stereocenters. The number of phenolic OH excluding ortho intramolecular Hbond substituents is 1. The van der Waals surface area contributed by atoms with Crippen molar-refractivity contribution in [3.05, 3.63) is 24.3 Å². The van der Waals surface area contributed by atoms with Gasteiger partial charge in [-0.2, -0.15) is 0 Å².